The number of hydrogen-bond acceptors (Lipinski definition) is 1. The Morgan fingerprint density at radius 3 is 1.96 bits per heavy atom. The normalized spacial score (nSPS) is 11.7. The lowest BCUT2D eigenvalue weighted by atomic mass is 9.99. The summed E-state index contributed by atoms with van der Waals surface area (Å²) in [6.07, 6.45) is -7.02. The summed E-state index contributed by atoms with van der Waals surface area (Å²) in [6, 6.07) is 6.32. The third-order valence-corrected chi connectivity index (χ3v) is 3.80. The van der Waals surface area contributed by atoms with Crippen LogP contribution in [0.2, 0.25) is 0 Å². The number of alkyl halides is 3. The van der Waals surface area contributed by atoms with Crippen LogP contribution < -0.4 is 0 Å². The van der Waals surface area contributed by atoms with E-state index in [9.17, 15) is 35.5 Å². The summed E-state index contributed by atoms with van der Waals surface area (Å²) in [5.74, 6) is -10.4. The highest BCUT2D eigenvalue weighted by atomic mass is 79.9. The van der Waals surface area contributed by atoms with Crippen molar-refractivity contribution in [3.05, 3.63) is 68.7 Å². The van der Waals surface area contributed by atoms with Crippen LogP contribution in [0.1, 0.15) is 16.7 Å². The Balaban J connectivity index is 2.36. The van der Waals surface area contributed by atoms with Crippen molar-refractivity contribution in [2.45, 2.75) is 19.0 Å². The topological polar surface area (TPSA) is 17.1 Å². The predicted molar refractivity (Wildman–Crippen MR) is 77.8 cm³/mol. The number of ketones is 1. The molecule has 0 saturated heterocycles. The SMILES string of the molecule is O=C(Cc1cccc(Br)c1)Cc1c(F)c(F)c(C(F)(F)F)c(F)c1F. The second-order valence-corrected chi connectivity index (χ2v) is 6.05. The van der Waals surface area contributed by atoms with Gasteiger partial charge in [0, 0.05) is 22.9 Å². The molecule has 0 heterocycles. The van der Waals surface area contributed by atoms with E-state index in [-0.39, 0.29) is 6.42 Å². The smallest absolute Gasteiger partial charge is 0.299 e. The van der Waals surface area contributed by atoms with Gasteiger partial charge < -0.3 is 0 Å². The minimum absolute atomic E-state index is 0.317. The van der Waals surface area contributed by atoms with E-state index < -0.39 is 52.8 Å². The second kappa shape index (κ2) is 7.15. The van der Waals surface area contributed by atoms with Crippen LogP contribution in [0.25, 0.3) is 0 Å². The molecule has 25 heavy (non-hydrogen) atoms. The predicted octanol–water partition coefficient (Wildman–Crippen LogP) is 5.38. The first-order valence-electron chi connectivity index (χ1n) is 6.70. The molecule has 0 saturated carbocycles. The van der Waals surface area contributed by atoms with Crippen LogP contribution in [0.3, 0.4) is 0 Å². The van der Waals surface area contributed by atoms with Crippen LogP contribution in [-0.4, -0.2) is 5.78 Å². The van der Waals surface area contributed by atoms with Crippen LogP contribution in [0, 0.1) is 23.3 Å². The monoisotopic (exact) mass is 428 g/mol. The molecule has 0 N–H and O–H groups in total. The number of Topliss-reactive ketones (excluding diaryl/α,β-unsaturated/α-hetero) is 1. The van der Waals surface area contributed by atoms with Crippen LogP contribution >= 0.6 is 15.9 Å². The van der Waals surface area contributed by atoms with E-state index in [0.29, 0.717) is 10.0 Å². The molecule has 0 bridgehead atoms. The number of carbonyl (C=O) groups is 1. The number of halogens is 8. The average molecular weight is 429 g/mol. The first kappa shape index (κ1) is 19.4. The maximum absolute atomic E-state index is 13.8. The lowest BCUT2D eigenvalue weighted by Gasteiger charge is -2.13. The zero-order valence-corrected chi connectivity index (χ0v) is 13.7. The number of benzene rings is 2. The molecule has 0 aliphatic heterocycles. The van der Waals surface area contributed by atoms with Gasteiger partial charge in [-0.3, -0.25) is 4.79 Å². The Bertz CT molecular complexity index is 801. The van der Waals surface area contributed by atoms with Gasteiger partial charge in [-0.25, -0.2) is 17.6 Å². The van der Waals surface area contributed by atoms with Gasteiger partial charge in [0.2, 0.25) is 0 Å². The van der Waals surface area contributed by atoms with Crippen molar-refractivity contribution in [3.8, 4) is 0 Å². The summed E-state index contributed by atoms with van der Waals surface area (Å²) >= 11 is 3.15. The fourth-order valence-electron chi connectivity index (χ4n) is 2.22. The lowest BCUT2D eigenvalue weighted by molar-refractivity contribution is -0.143. The number of carbonyl (C=O) groups excluding carboxylic acids is 1. The molecule has 0 aromatic heterocycles. The molecule has 134 valence electrons. The minimum atomic E-state index is -5.62. The molecule has 0 unspecified atom stereocenters. The Hall–Kier alpha value is -1.90. The molecule has 9 heteroatoms. The molecule has 1 nitrogen and oxygen atoms in total. The highest BCUT2D eigenvalue weighted by molar-refractivity contribution is 9.10. The van der Waals surface area contributed by atoms with Crippen molar-refractivity contribution in [2.75, 3.05) is 0 Å². The van der Waals surface area contributed by atoms with Gasteiger partial charge in [0.15, 0.2) is 23.3 Å². The van der Waals surface area contributed by atoms with Crippen molar-refractivity contribution >= 4 is 21.7 Å². The van der Waals surface area contributed by atoms with E-state index in [4.69, 9.17) is 0 Å². The Labute approximate surface area is 145 Å². The summed E-state index contributed by atoms with van der Waals surface area (Å²) in [5, 5.41) is 0. The van der Waals surface area contributed by atoms with Gasteiger partial charge in [-0.1, -0.05) is 28.1 Å². The Kier molecular flexibility index (Phi) is 5.55. The summed E-state index contributed by atoms with van der Waals surface area (Å²) in [7, 11) is 0. The summed E-state index contributed by atoms with van der Waals surface area (Å²) < 4.78 is 92.7. The van der Waals surface area contributed by atoms with Crippen molar-refractivity contribution in [1.29, 1.82) is 0 Å². The molecule has 0 spiro atoms. The third kappa shape index (κ3) is 4.20. The molecule has 0 aliphatic rings. The van der Waals surface area contributed by atoms with E-state index in [0.717, 1.165) is 0 Å². The number of hydrogen-bond donors (Lipinski definition) is 0. The lowest BCUT2D eigenvalue weighted by Crippen LogP contribution is -2.19. The standard InChI is InChI=1S/C16H8BrF7O/c17-8-3-1-2-7(4-8)5-9(25)6-10-12(18)14(20)11(16(22,23)24)15(21)13(10)19/h1-4H,5-6H2. The van der Waals surface area contributed by atoms with E-state index in [1.165, 1.54) is 6.07 Å². The largest absolute Gasteiger partial charge is 0.422 e. The molecule has 0 atom stereocenters. The van der Waals surface area contributed by atoms with Crippen LogP contribution in [0.15, 0.2) is 28.7 Å². The molecular weight excluding hydrogens is 421 g/mol. The quantitative estimate of drug-likeness (QED) is 0.472. The maximum atomic E-state index is 13.8. The fourth-order valence-corrected chi connectivity index (χ4v) is 2.66. The summed E-state index contributed by atoms with van der Waals surface area (Å²) in [5.41, 5.74) is -3.58. The van der Waals surface area contributed by atoms with Crippen LogP contribution in [0.5, 0.6) is 0 Å². The second-order valence-electron chi connectivity index (χ2n) is 5.13. The molecule has 0 amide bonds. The highest BCUT2D eigenvalue weighted by Crippen LogP contribution is 2.37. The highest BCUT2D eigenvalue weighted by Gasteiger charge is 2.42. The molecule has 2 aromatic carbocycles. The number of rotatable bonds is 4. The summed E-state index contributed by atoms with van der Waals surface area (Å²) in [4.78, 5) is 11.9. The van der Waals surface area contributed by atoms with Gasteiger partial charge >= 0.3 is 6.18 Å². The van der Waals surface area contributed by atoms with Gasteiger partial charge in [-0.05, 0) is 17.7 Å². The van der Waals surface area contributed by atoms with Gasteiger partial charge in [0.25, 0.3) is 0 Å². The van der Waals surface area contributed by atoms with Crippen molar-refractivity contribution in [1.82, 2.24) is 0 Å². The third-order valence-electron chi connectivity index (χ3n) is 3.30. The minimum Gasteiger partial charge on any atom is -0.299 e. The van der Waals surface area contributed by atoms with Crippen LogP contribution in [-0.2, 0) is 23.8 Å². The first-order valence-corrected chi connectivity index (χ1v) is 7.49. The average Bonchev–Trinajstić information content (AvgIpc) is 2.48. The van der Waals surface area contributed by atoms with Gasteiger partial charge in [0.1, 0.15) is 11.3 Å². The van der Waals surface area contributed by atoms with Crippen molar-refractivity contribution in [2.24, 2.45) is 0 Å². The van der Waals surface area contributed by atoms with E-state index in [1.807, 2.05) is 0 Å². The Morgan fingerprint density at radius 2 is 1.48 bits per heavy atom. The van der Waals surface area contributed by atoms with Crippen molar-refractivity contribution in [3.63, 3.8) is 0 Å². The molecule has 0 fully saturated rings. The Morgan fingerprint density at radius 1 is 0.920 bits per heavy atom. The van der Waals surface area contributed by atoms with Crippen LogP contribution in [0.4, 0.5) is 30.7 Å². The fraction of sp³-hybridized carbons (Fsp3) is 0.188. The van der Waals surface area contributed by atoms with Gasteiger partial charge in [-0.2, -0.15) is 13.2 Å². The van der Waals surface area contributed by atoms with Gasteiger partial charge in [-0.15, -0.1) is 0 Å². The molecular formula is C16H8BrF7O. The van der Waals surface area contributed by atoms with E-state index in [1.54, 1.807) is 18.2 Å². The zero-order chi connectivity index (χ0) is 18.9. The van der Waals surface area contributed by atoms with E-state index >= 15 is 0 Å². The maximum Gasteiger partial charge on any atom is 0.422 e. The van der Waals surface area contributed by atoms with E-state index in [2.05, 4.69) is 15.9 Å². The molecule has 0 radical (unpaired) electrons. The molecule has 2 rings (SSSR count). The molecule has 2 aromatic rings. The first-order chi connectivity index (χ1) is 11.5. The summed E-state index contributed by atoms with van der Waals surface area (Å²) in [6.45, 7) is 0. The van der Waals surface area contributed by atoms with Crippen molar-refractivity contribution < 1.29 is 35.5 Å². The molecule has 0 aliphatic carbocycles. The van der Waals surface area contributed by atoms with Gasteiger partial charge in [0.05, 0.1) is 0 Å². The zero-order valence-electron chi connectivity index (χ0n) is 12.2.